The van der Waals surface area contributed by atoms with Crippen molar-refractivity contribution in [2.75, 3.05) is 5.32 Å². The van der Waals surface area contributed by atoms with Gasteiger partial charge in [-0.15, -0.1) is 0 Å². The zero-order chi connectivity index (χ0) is 18.7. The highest BCUT2D eigenvalue weighted by atomic mass is 79.9. The van der Waals surface area contributed by atoms with Crippen LogP contribution in [0.15, 0.2) is 27.7 Å². The average Bonchev–Trinajstić information content (AvgIpc) is 2.77. The van der Waals surface area contributed by atoms with Gasteiger partial charge in [0.1, 0.15) is 11.1 Å². The lowest BCUT2D eigenvalue weighted by molar-refractivity contribution is -0.129. The number of hydrogen-bond acceptors (Lipinski definition) is 4. The third-order valence-electron chi connectivity index (χ3n) is 3.43. The largest absolute Gasteiger partial charge is 0.324 e. The summed E-state index contributed by atoms with van der Waals surface area (Å²) in [5.41, 5.74) is 0.0976. The molecule has 8 heteroatoms. The highest BCUT2D eigenvalue weighted by molar-refractivity contribution is 9.10. The van der Waals surface area contributed by atoms with Gasteiger partial charge in [-0.3, -0.25) is 19.5 Å². The van der Waals surface area contributed by atoms with Crippen LogP contribution in [0.25, 0.3) is 0 Å². The molecule has 0 spiro atoms. The summed E-state index contributed by atoms with van der Waals surface area (Å²) >= 11 is 4.46. The van der Waals surface area contributed by atoms with E-state index >= 15 is 0 Å². The zero-order valence-electron chi connectivity index (χ0n) is 14.5. The lowest BCUT2D eigenvalue weighted by atomic mass is 10.2. The zero-order valence-corrected chi connectivity index (χ0v) is 16.9. The second-order valence-electron chi connectivity index (χ2n) is 6.29. The molecule has 0 bridgehead atoms. The molecule has 0 radical (unpaired) electrons. The van der Waals surface area contributed by atoms with Crippen LogP contribution in [0, 0.1) is 5.82 Å². The summed E-state index contributed by atoms with van der Waals surface area (Å²) in [6.07, 6.45) is -0.0284. The number of anilines is 1. The van der Waals surface area contributed by atoms with Gasteiger partial charge in [-0.25, -0.2) is 4.39 Å². The van der Waals surface area contributed by atoms with E-state index in [9.17, 15) is 14.0 Å². The van der Waals surface area contributed by atoms with Crippen molar-refractivity contribution in [3.05, 3.63) is 28.5 Å². The third-order valence-corrected chi connectivity index (χ3v) is 5.09. The van der Waals surface area contributed by atoms with Crippen molar-refractivity contribution in [1.82, 2.24) is 4.90 Å². The normalized spacial score (nSPS) is 19.4. The molecular weight excluding hydrogens is 409 g/mol. The van der Waals surface area contributed by atoms with Crippen molar-refractivity contribution in [3.8, 4) is 0 Å². The topological polar surface area (TPSA) is 61.8 Å². The van der Waals surface area contributed by atoms with E-state index in [0.29, 0.717) is 9.64 Å². The summed E-state index contributed by atoms with van der Waals surface area (Å²) in [5.74, 6) is -1.06. The van der Waals surface area contributed by atoms with Crippen LogP contribution in [0.4, 0.5) is 10.1 Å². The number of benzene rings is 1. The molecule has 1 heterocycles. The smallest absolute Gasteiger partial charge is 0.242 e. The fraction of sp³-hybridized carbons (Fsp3) is 0.471. The Morgan fingerprint density at radius 1 is 1.40 bits per heavy atom. The monoisotopic (exact) mass is 429 g/mol. The fourth-order valence-electron chi connectivity index (χ4n) is 2.36. The van der Waals surface area contributed by atoms with Crippen LogP contribution in [-0.4, -0.2) is 39.2 Å². The summed E-state index contributed by atoms with van der Waals surface area (Å²) in [6, 6.07) is 4.42. The molecule has 1 aromatic carbocycles. The van der Waals surface area contributed by atoms with E-state index in [1.54, 1.807) is 11.0 Å². The molecule has 1 saturated heterocycles. The molecule has 1 fully saturated rings. The first-order chi connectivity index (χ1) is 11.7. The Balaban J connectivity index is 2.09. The first-order valence-electron chi connectivity index (χ1n) is 8.01. The Morgan fingerprint density at radius 3 is 2.64 bits per heavy atom. The number of halogens is 2. The molecule has 5 nitrogen and oxygen atoms in total. The molecule has 0 saturated carbocycles. The number of aliphatic imine (C=N–C) groups is 1. The van der Waals surface area contributed by atoms with Gasteiger partial charge in [0, 0.05) is 23.0 Å². The van der Waals surface area contributed by atoms with Gasteiger partial charge < -0.3 is 5.32 Å². The highest BCUT2D eigenvalue weighted by Crippen LogP contribution is 2.32. The summed E-state index contributed by atoms with van der Waals surface area (Å²) in [4.78, 5) is 31.0. The number of amides is 2. The minimum absolute atomic E-state index is 0.0284. The standard InChI is InChI=1S/C17H21BrFN3O2S/c1-9(2)20-17-22(10(3)4)16(24)14(25-17)8-15(23)21-13-6-5-11(18)7-12(13)19/h5-7,9-10,14H,8H2,1-4H3,(H,21,23). The van der Waals surface area contributed by atoms with Gasteiger partial charge in [-0.1, -0.05) is 27.7 Å². The minimum atomic E-state index is -0.543. The number of hydrogen-bond donors (Lipinski definition) is 1. The summed E-state index contributed by atoms with van der Waals surface area (Å²) in [5, 5.41) is 2.62. The lowest BCUT2D eigenvalue weighted by Gasteiger charge is -2.21. The van der Waals surface area contributed by atoms with Gasteiger partial charge in [0.2, 0.25) is 11.8 Å². The van der Waals surface area contributed by atoms with Crippen LogP contribution < -0.4 is 5.32 Å². The van der Waals surface area contributed by atoms with Gasteiger partial charge in [0.25, 0.3) is 0 Å². The summed E-state index contributed by atoms with van der Waals surface area (Å²) in [6.45, 7) is 7.70. The van der Waals surface area contributed by atoms with Crippen molar-refractivity contribution < 1.29 is 14.0 Å². The Kier molecular flexibility index (Phi) is 6.62. The van der Waals surface area contributed by atoms with Crippen LogP contribution in [0.5, 0.6) is 0 Å². The van der Waals surface area contributed by atoms with Gasteiger partial charge in [0.05, 0.1) is 5.69 Å². The molecule has 2 amide bonds. The number of thioether (sulfide) groups is 1. The van der Waals surface area contributed by atoms with Crippen LogP contribution in [-0.2, 0) is 9.59 Å². The van der Waals surface area contributed by atoms with E-state index in [0.717, 1.165) is 0 Å². The number of amidine groups is 1. The predicted octanol–water partition coefficient (Wildman–Crippen LogP) is 4.03. The molecule has 136 valence electrons. The molecule has 2 rings (SSSR count). The van der Waals surface area contributed by atoms with Crippen molar-refractivity contribution in [2.24, 2.45) is 4.99 Å². The molecule has 1 aliphatic heterocycles. The van der Waals surface area contributed by atoms with Gasteiger partial charge >= 0.3 is 0 Å². The van der Waals surface area contributed by atoms with E-state index in [2.05, 4.69) is 26.2 Å². The predicted molar refractivity (Wildman–Crippen MR) is 103 cm³/mol. The molecule has 1 atom stereocenters. The molecule has 1 unspecified atom stereocenters. The van der Waals surface area contributed by atoms with Crippen molar-refractivity contribution in [3.63, 3.8) is 0 Å². The Morgan fingerprint density at radius 2 is 2.08 bits per heavy atom. The van der Waals surface area contributed by atoms with Crippen molar-refractivity contribution in [1.29, 1.82) is 0 Å². The quantitative estimate of drug-likeness (QED) is 0.767. The summed E-state index contributed by atoms with van der Waals surface area (Å²) in [7, 11) is 0. The van der Waals surface area contributed by atoms with E-state index in [4.69, 9.17) is 0 Å². The number of rotatable bonds is 5. The first kappa shape index (κ1) is 19.9. The maximum atomic E-state index is 13.8. The van der Waals surface area contributed by atoms with Gasteiger partial charge in [-0.05, 0) is 45.9 Å². The van der Waals surface area contributed by atoms with Gasteiger partial charge in [0.15, 0.2) is 5.17 Å². The van der Waals surface area contributed by atoms with Crippen LogP contribution in [0.2, 0.25) is 0 Å². The van der Waals surface area contributed by atoms with E-state index in [1.807, 2.05) is 27.7 Å². The lowest BCUT2D eigenvalue weighted by Crippen LogP contribution is -2.38. The van der Waals surface area contributed by atoms with Crippen LogP contribution in [0.3, 0.4) is 0 Å². The van der Waals surface area contributed by atoms with E-state index < -0.39 is 17.0 Å². The van der Waals surface area contributed by atoms with Crippen LogP contribution >= 0.6 is 27.7 Å². The number of carbonyl (C=O) groups excluding carboxylic acids is 2. The minimum Gasteiger partial charge on any atom is -0.324 e. The average molecular weight is 430 g/mol. The molecule has 1 aromatic rings. The number of nitrogens with zero attached hydrogens (tertiary/aromatic N) is 2. The third kappa shape index (κ3) is 5.04. The molecule has 1 aliphatic rings. The molecule has 1 N–H and O–H groups in total. The van der Waals surface area contributed by atoms with E-state index in [-0.39, 0.29) is 30.1 Å². The Labute approximate surface area is 159 Å². The Hall–Kier alpha value is -1.41. The number of nitrogens with one attached hydrogen (secondary N) is 1. The molecule has 0 aliphatic carbocycles. The van der Waals surface area contributed by atoms with Crippen molar-refractivity contribution >= 4 is 50.4 Å². The summed E-state index contributed by atoms with van der Waals surface area (Å²) < 4.78 is 14.4. The first-order valence-corrected chi connectivity index (χ1v) is 9.68. The van der Waals surface area contributed by atoms with Crippen molar-refractivity contribution in [2.45, 2.75) is 51.4 Å². The van der Waals surface area contributed by atoms with E-state index in [1.165, 1.54) is 23.9 Å². The molecule has 25 heavy (non-hydrogen) atoms. The second kappa shape index (κ2) is 8.31. The van der Waals surface area contributed by atoms with Crippen LogP contribution in [0.1, 0.15) is 34.1 Å². The maximum absolute atomic E-state index is 13.8. The maximum Gasteiger partial charge on any atom is 0.242 e. The highest BCUT2D eigenvalue weighted by Gasteiger charge is 2.40. The number of carbonyl (C=O) groups is 2. The SMILES string of the molecule is CC(C)N=C1SC(CC(=O)Nc2ccc(Br)cc2F)C(=O)N1C(C)C. The fourth-order valence-corrected chi connectivity index (χ4v) is 4.08. The molecule has 0 aromatic heterocycles. The molecular formula is C17H21BrFN3O2S. The second-order valence-corrected chi connectivity index (χ2v) is 8.38. The Bertz CT molecular complexity index is 709. The van der Waals surface area contributed by atoms with Gasteiger partial charge in [-0.2, -0.15) is 0 Å².